The molecule has 0 saturated carbocycles. The molecule has 1 saturated heterocycles. The van der Waals surface area contributed by atoms with E-state index < -0.39 is 21.6 Å². The van der Waals surface area contributed by atoms with Crippen LogP contribution in [0.25, 0.3) is 0 Å². The Kier molecular flexibility index (Phi) is 3.93. The van der Waals surface area contributed by atoms with Crippen molar-refractivity contribution in [1.29, 1.82) is 0 Å². The summed E-state index contributed by atoms with van der Waals surface area (Å²) in [5, 5.41) is 2.35. The maximum atomic E-state index is 12.0. The Morgan fingerprint density at radius 1 is 1.37 bits per heavy atom. The molecule has 1 aromatic rings. The molecule has 3 N–H and O–H groups in total. The zero-order chi connectivity index (χ0) is 14.0. The normalized spacial score (nSPS) is 20.1. The average Bonchev–Trinajstić information content (AvgIpc) is 2.35. The second-order valence-corrected chi connectivity index (χ2v) is 6.24. The molecule has 19 heavy (non-hydrogen) atoms. The monoisotopic (exact) mass is 305 g/mol. The molecular weight excluding hydrogens is 294 g/mol. The van der Waals surface area contributed by atoms with Crippen LogP contribution in [0.5, 0.6) is 0 Å². The second-order valence-electron chi connectivity index (χ2n) is 4.12. The van der Waals surface area contributed by atoms with Gasteiger partial charge in [-0.25, -0.2) is 8.42 Å². The number of pyridine rings is 1. The third-order valence-corrected chi connectivity index (χ3v) is 4.46. The summed E-state index contributed by atoms with van der Waals surface area (Å²) in [6.07, 6.45) is 2.17. The molecule has 2 rings (SSSR count). The van der Waals surface area contributed by atoms with Crippen molar-refractivity contribution < 1.29 is 13.2 Å². The zero-order valence-electron chi connectivity index (χ0n) is 9.77. The van der Waals surface area contributed by atoms with Crippen LogP contribution in [0.2, 0.25) is 5.02 Å². The highest BCUT2D eigenvalue weighted by Gasteiger charge is 2.28. The smallest absolute Gasteiger partial charge is 0.266 e. The first-order valence-electron chi connectivity index (χ1n) is 5.58. The van der Waals surface area contributed by atoms with Gasteiger partial charge in [0.2, 0.25) is 15.9 Å². The van der Waals surface area contributed by atoms with E-state index in [1.54, 1.807) is 0 Å². The summed E-state index contributed by atoms with van der Waals surface area (Å²) >= 11 is 5.58. The molecule has 0 radical (unpaired) electrons. The van der Waals surface area contributed by atoms with E-state index in [-0.39, 0.29) is 15.8 Å². The van der Waals surface area contributed by atoms with Crippen molar-refractivity contribution >= 4 is 27.5 Å². The van der Waals surface area contributed by atoms with E-state index in [0.29, 0.717) is 19.4 Å². The van der Waals surface area contributed by atoms with Crippen LogP contribution in [-0.4, -0.2) is 31.9 Å². The molecule has 104 valence electrons. The topological polar surface area (TPSA) is 108 Å². The Labute approximate surface area is 114 Å². The number of hydrogen-bond acceptors (Lipinski definition) is 4. The van der Waals surface area contributed by atoms with Crippen molar-refractivity contribution in [3.63, 3.8) is 0 Å². The van der Waals surface area contributed by atoms with Crippen molar-refractivity contribution in [3.05, 3.63) is 27.6 Å². The summed E-state index contributed by atoms with van der Waals surface area (Å²) in [4.78, 5) is 24.6. The Balaban J connectivity index is 2.24. The van der Waals surface area contributed by atoms with Crippen molar-refractivity contribution in [3.8, 4) is 0 Å². The SMILES string of the molecule is O=C1NCCCC1NS(=O)(=O)c1c[nH]c(=O)c(Cl)c1. The van der Waals surface area contributed by atoms with E-state index in [4.69, 9.17) is 11.6 Å². The lowest BCUT2D eigenvalue weighted by Crippen LogP contribution is -2.50. The van der Waals surface area contributed by atoms with Gasteiger partial charge >= 0.3 is 0 Å². The van der Waals surface area contributed by atoms with E-state index in [1.807, 2.05) is 0 Å². The number of rotatable bonds is 3. The summed E-state index contributed by atoms with van der Waals surface area (Å²) in [6.45, 7) is 0.543. The molecule has 0 aliphatic carbocycles. The predicted molar refractivity (Wildman–Crippen MR) is 68.4 cm³/mol. The van der Waals surface area contributed by atoms with Crippen molar-refractivity contribution in [2.24, 2.45) is 0 Å². The third kappa shape index (κ3) is 3.14. The zero-order valence-corrected chi connectivity index (χ0v) is 11.3. The number of piperidine rings is 1. The van der Waals surface area contributed by atoms with Gasteiger partial charge in [0.1, 0.15) is 11.1 Å². The van der Waals surface area contributed by atoms with Gasteiger partial charge in [-0.2, -0.15) is 4.72 Å². The Morgan fingerprint density at radius 3 is 2.74 bits per heavy atom. The molecule has 1 amide bonds. The molecule has 2 heterocycles. The summed E-state index contributed by atoms with van der Waals surface area (Å²) in [5.41, 5.74) is -0.573. The standard InChI is InChI=1S/C10H12ClN3O4S/c11-7-4-6(5-13-9(7)15)19(17,18)14-8-2-1-3-12-10(8)16/h4-5,8,14H,1-3H2,(H,12,16)(H,13,15). The Morgan fingerprint density at radius 2 is 2.11 bits per heavy atom. The quantitative estimate of drug-likeness (QED) is 0.705. The molecule has 0 spiro atoms. The molecule has 0 bridgehead atoms. The minimum Gasteiger partial charge on any atom is -0.355 e. The predicted octanol–water partition coefficient (Wildman–Crippen LogP) is -0.415. The molecular formula is C10H12ClN3O4S. The molecule has 0 aromatic carbocycles. The maximum absolute atomic E-state index is 12.0. The number of carbonyl (C=O) groups is 1. The van der Waals surface area contributed by atoms with E-state index >= 15 is 0 Å². The van der Waals surface area contributed by atoms with E-state index in [0.717, 1.165) is 12.3 Å². The number of carbonyl (C=O) groups excluding carboxylic acids is 1. The van der Waals surface area contributed by atoms with E-state index in [9.17, 15) is 18.0 Å². The molecule has 1 aromatic heterocycles. The molecule has 7 nitrogen and oxygen atoms in total. The molecule has 1 aliphatic rings. The number of nitrogens with one attached hydrogen (secondary N) is 3. The van der Waals surface area contributed by atoms with Gasteiger partial charge in [0, 0.05) is 12.7 Å². The van der Waals surface area contributed by atoms with Gasteiger partial charge in [-0.3, -0.25) is 9.59 Å². The fourth-order valence-corrected chi connectivity index (χ4v) is 3.19. The van der Waals surface area contributed by atoms with Gasteiger partial charge < -0.3 is 10.3 Å². The van der Waals surface area contributed by atoms with Crippen LogP contribution < -0.4 is 15.6 Å². The van der Waals surface area contributed by atoms with Gasteiger partial charge in [0.05, 0.1) is 4.90 Å². The molecule has 1 atom stereocenters. The van der Waals surface area contributed by atoms with Crippen LogP contribution in [0.4, 0.5) is 0 Å². The highest BCUT2D eigenvalue weighted by Crippen LogP contribution is 2.13. The number of aromatic amines is 1. The number of aromatic nitrogens is 1. The van der Waals surface area contributed by atoms with Gasteiger partial charge in [-0.15, -0.1) is 0 Å². The lowest BCUT2D eigenvalue weighted by atomic mass is 10.1. The number of H-pyrrole nitrogens is 1. The van der Waals surface area contributed by atoms with Gasteiger partial charge in [-0.05, 0) is 18.9 Å². The highest BCUT2D eigenvalue weighted by atomic mass is 35.5. The summed E-state index contributed by atoms with van der Waals surface area (Å²) < 4.78 is 26.4. The van der Waals surface area contributed by atoms with Crippen molar-refractivity contribution in [1.82, 2.24) is 15.0 Å². The van der Waals surface area contributed by atoms with Crippen molar-refractivity contribution in [2.45, 2.75) is 23.8 Å². The van der Waals surface area contributed by atoms with Crippen LogP contribution in [0.3, 0.4) is 0 Å². The largest absolute Gasteiger partial charge is 0.355 e. The highest BCUT2D eigenvalue weighted by molar-refractivity contribution is 7.89. The van der Waals surface area contributed by atoms with Gasteiger partial charge in [0.15, 0.2) is 0 Å². The molecule has 9 heteroatoms. The minimum absolute atomic E-state index is 0.185. The van der Waals surface area contributed by atoms with Crippen molar-refractivity contribution in [2.75, 3.05) is 6.54 Å². The summed E-state index contributed by atoms with van der Waals surface area (Å²) in [6, 6.07) is 0.244. The number of halogens is 1. The average molecular weight is 306 g/mol. The first kappa shape index (κ1) is 14.0. The fraction of sp³-hybridized carbons (Fsp3) is 0.400. The lowest BCUT2D eigenvalue weighted by molar-refractivity contribution is -0.124. The Hall–Kier alpha value is -1.38. The fourth-order valence-electron chi connectivity index (χ4n) is 1.73. The van der Waals surface area contributed by atoms with Gasteiger partial charge in [0.25, 0.3) is 5.56 Å². The number of amides is 1. The minimum atomic E-state index is -3.90. The first-order chi connectivity index (χ1) is 8.90. The Bertz CT molecular complexity index is 655. The summed E-state index contributed by atoms with van der Waals surface area (Å²) in [7, 11) is -3.90. The molecule has 1 unspecified atom stereocenters. The maximum Gasteiger partial charge on any atom is 0.266 e. The first-order valence-corrected chi connectivity index (χ1v) is 7.44. The van der Waals surface area contributed by atoms with Crippen LogP contribution in [0.1, 0.15) is 12.8 Å². The molecule has 1 aliphatic heterocycles. The van der Waals surface area contributed by atoms with Crippen LogP contribution in [0, 0.1) is 0 Å². The molecule has 1 fully saturated rings. The number of sulfonamides is 1. The number of hydrogen-bond donors (Lipinski definition) is 3. The summed E-state index contributed by atoms with van der Waals surface area (Å²) in [5.74, 6) is -0.356. The van der Waals surface area contributed by atoms with Gasteiger partial charge in [-0.1, -0.05) is 11.6 Å². The second kappa shape index (κ2) is 5.32. The van der Waals surface area contributed by atoms with Crippen LogP contribution in [0.15, 0.2) is 22.0 Å². The van der Waals surface area contributed by atoms with Crippen LogP contribution in [-0.2, 0) is 14.8 Å². The van der Waals surface area contributed by atoms with E-state index in [2.05, 4.69) is 15.0 Å². The van der Waals surface area contributed by atoms with Crippen LogP contribution >= 0.6 is 11.6 Å². The van der Waals surface area contributed by atoms with E-state index in [1.165, 1.54) is 0 Å². The third-order valence-electron chi connectivity index (χ3n) is 2.72. The lowest BCUT2D eigenvalue weighted by Gasteiger charge is -2.22.